The average Bonchev–Trinajstić information content (AvgIpc) is 3.42. The lowest BCUT2D eigenvalue weighted by Gasteiger charge is -2.23. The lowest BCUT2D eigenvalue weighted by atomic mass is 9.81. The van der Waals surface area contributed by atoms with Crippen molar-refractivity contribution in [1.82, 2.24) is 0 Å². The third kappa shape index (κ3) is 2.39. The highest BCUT2D eigenvalue weighted by atomic mass is 16.5. The van der Waals surface area contributed by atoms with Gasteiger partial charge in [-0.1, -0.05) is 36.4 Å². The summed E-state index contributed by atoms with van der Waals surface area (Å²) in [7, 11) is 1.70. The Morgan fingerprint density at radius 3 is 2.48 bits per heavy atom. The molecule has 0 aliphatic heterocycles. The van der Waals surface area contributed by atoms with Crippen LogP contribution in [0.2, 0.25) is 0 Å². The van der Waals surface area contributed by atoms with E-state index in [9.17, 15) is 4.79 Å². The minimum Gasteiger partial charge on any atom is -0.497 e. The number of rotatable bonds is 4. The largest absolute Gasteiger partial charge is 0.497 e. The predicted octanol–water partition coefficient (Wildman–Crippen LogP) is 4.34. The van der Waals surface area contributed by atoms with E-state index in [0.29, 0.717) is 5.56 Å². The number of fused-ring (bicyclic) bond motifs is 1. The van der Waals surface area contributed by atoms with Crippen LogP contribution in [-0.4, -0.2) is 13.0 Å². The van der Waals surface area contributed by atoms with E-state index >= 15 is 0 Å². The van der Waals surface area contributed by atoms with E-state index < -0.39 is 0 Å². The van der Waals surface area contributed by atoms with E-state index in [1.807, 2.05) is 19.1 Å². The molecule has 0 unspecified atom stereocenters. The zero-order chi connectivity index (χ0) is 17.6. The van der Waals surface area contributed by atoms with Crippen LogP contribution in [0, 0.1) is 6.92 Å². The second-order valence-electron chi connectivity index (χ2n) is 6.82. The third-order valence-corrected chi connectivity index (χ3v) is 5.45. The molecule has 0 saturated heterocycles. The molecule has 0 spiro atoms. The van der Waals surface area contributed by atoms with E-state index in [1.54, 1.807) is 13.2 Å². The summed E-state index contributed by atoms with van der Waals surface area (Å²) in [6, 6.07) is 18.5. The minimum atomic E-state index is -0.370. The molecule has 0 aromatic heterocycles. The molecule has 1 amide bonds. The van der Waals surface area contributed by atoms with Crippen LogP contribution in [0.25, 0.3) is 10.8 Å². The van der Waals surface area contributed by atoms with Crippen molar-refractivity contribution in [2.75, 3.05) is 7.11 Å². The SMILES string of the molecule is COc1cc(C2(c3cccc(C(N)=O)c3C)CC2)c2ccccc2c1. The number of carbonyl (C=O) groups is 1. The van der Waals surface area contributed by atoms with Gasteiger partial charge in [-0.15, -0.1) is 0 Å². The minimum absolute atomic E-state index is 0.0658. The molecule has 0 radical (unpaired) electrons. The molecule has 3 aromatic carbocycles. The van der Waals surface area contributed by atoms with E-state index in [1.165, 1.54) is 21.9 Å². The monoisotopic (exact) mass is 331 g/mol. The zero-order valence-electron chi connectivity index (χ0n) is 14.5. The second-order valence-corrected chi connectivity index (χ2v) is 6.82. The zero-order valence-corrected chi connectivity index (χ0v) is 14.5. The third-order valence-electron chi connectivity index (χ3n) is 5.45. The van der Waals surface area contributed by atoms with Gasteiger partial charge in [0.25, 0.3) is 0 Å². The van der Waals surface area contributed by atoms with Gasteiger partial charge in [-0.3, -0.25) is 4.79 Å². The van der Waals surface area contributed by atoms with Crippen molar-refractivity contribution < 1.29 is 9.53 Å². The summed E-state index contributed by atoms with van der Waals surface area (Å²) in [6.07, 6.45) is 2.13. The van der Waals surface area contributed by atoms with Gasteiger partial charge in [-0.2, -0.15) is 0 Å². The van der Waals surface area contributed by atoms with Crippen LogP contribution in [-0.2, 0) is 5.41 Å². The first-order valence-corrected chi connectivity index (χ1v) is 8.54. The number of hydrogen-bond acceptors (Lipinski definition) is 2. The number of ether oxygens (including phenoxy) is 1. The highest BCUT2D eigenvalue weighted by Gasteiger charge is 2.48. The highest BCUT2D eigenvalue weighted by Crippen LogP contribution is 2.56. The van der Waals surface area contributed by atoms with Crippen molar-refractivity contribution in [3.8, 4) is 5.75 Å². The summed E-state index contributed by atoms with van der Waals surface area (Å²) < 4.78 is 5.54. The van der Waals surface area contributed by atoms with Crippen molar-refractivity contribution in [2.24, 2.45) is 5.73 Å². The topological polar surface area (TPSA) is 52.3 Å². The Morgan fingerprint density at radius 1 is 1.04 bits per heavy atom. The Balaban J connectivity index is 1.98. The number of methoxy groups -OCH3 is 1. The number of hydrogen-bond donors (Lipinski definition) is 1. The fraction of sp³-hybridized carbons (Fsp3) is 0.227. The van der Waals surface area contributed by atoms with Crippen molar-refractivity contribution in [3.63, 3.8) is 0 Å². The number of benzene rings is 3. The summed E-state index contributed by atoms with van der Waals surface area (Å²) in [5.74, 6) is 0.495. The van der Waals surface area contributed by atoms with Crippen LogP contribution in [0.4, 0.5) is 0 Å². The van der Waals surface area contributed by atoms with Crippen molar-refractivity contribution in [2.45, 2.75) is 25.2 Å². The quantitative estimate of drug-likeness (QED) is 0.773. The Hall–Kier alpha value is -2.81. The molecule has 0 atom stereocenters. The van der Waals surface area contributed by atoms with Crippen LogP contribution in [0.15, 0.2) is 54.6 Å². The molecular weight excluding hydrogens is 310 g/mol. The summed E-state index contributed by atoms with van der Waals surface area (Å²) in [5.41, 5.74) is 9.56. The number of carbonyl (C=O) groups excluding carboxylic acids is 1. The fourth-order valence-corrected chi connectivity index (χ4v) is 4.03. The summed E-state index contributed by atoms with van der Waals surface area (Å²) in [5, 5.41) is 2.41. The smallest absolute Gasteiger partial charge is 0.248 e. The molecule has 0 heterocycles. The van der Waals surface area contributed by atoms with E-state index in [4.69, 9.17) is 10.5 Å². The normalized spacial score (nSPS) is 15.1. The summed E-state index contributed by atoms with van der Waals surface area (Å²) in [4.78, 5) is 11.8. The summed E-state index contributed by atoms with van der Waals surface area (Å²) >= 11 is 0. The Bertz CT molecular complexity index is 986. The standard InChI is InChI=1S/C22H21NO2/c1-14-17(21(23)24)8-5-9-19(14)22(10-11-22)20-13-16(25-2)12-15-6-3-4-7-18(15)20/h3-9,12-13H,10-11H2,1-2H3,(H2,23,24). The lowest BCUT2D eigenvalue weighted by Crippen LogP contribution is -2.17. The summed E-state index contributed by atoms with van der Waals surface area (Å²) in [6.45, 7) is 2.00. The van der Waals surface area contributed by atoms with Gasteiger partial charge in [-0.05, 0) is 65.4 Å². The number of amides is 1. The van der Waals surface area contributed by atoms with Crippen LogP contribution < -0.4 is 10.5 Å². The van der Waals surface area contributed by atoms with E-state index in [2.05, 4.69) is 36.4 Å². The van der Waals surface area contributed by atoms with Crippen LogP contribution in [0.3, 0.4) is 0 Å². The maximum absolute atomic E-state index is 11.8. The van der Waals surface area contributed by atoms with Crippen LogP contribution >= 0.6 is 0 Å². The predicted molar refractivity (Wildman–Crippen MR) is 100 cm³/mol. The Labute approximate surface area is 147 Å². The first kappa shape index (κ1) is 15.7. The van der Waals surface area contributed by atoms with E-state index in [-0.39, 0.29) is 11.3 Å². The van der Waals surface area contributed by atoms with Crippen LogP contribution in [0.1, 0.15) is 39.9 Å². The average molecular weight is 331 g/mol. The Morgan fingerprint density at radius 2 is 1.80 bits per heavy atom. The molecule has 1 aliphatic carbocycles. The van der Waals surface area contributed by atoms with Gasteiger partial charge in [0.15, 0.2) is 0 Å². The maximum atomic E-state index is 11.8. The first-order chi connectivity index (χ1) is 12.1. The molecule has 25 heavy (non-hydrogen) atoms. The van der Waals surface area contributed by atoms with Crippen LogP contribution in [0.5, 0.6) is 5.75 Å². The molecule has 4 rings (SSSR count). The Kier molecular flexibility index (Phi) is 3.53. The molecule has 1 fully saturated rings. The van der Waals surface area contributed by atoms with Gasteiger partial charge in [0.05, 0.1) is 7.11 Å². The van der Waals surface area contributed by atoms with Gasteiger partial charge < -0.3 is 10.5 Å². The molecular formula is C22H21NO2. The van der Waals surface area contributed by atoms with Gasteiger partial charge in [-0.25, -0.2) is 0 Å². The molecule has 2 N–H and O–H groups in total. The number of primary amides is 1. The molecule has 3 heteroatoms. The van der Waals surface area contributed by atoms with Crippen molar-refractivity contribution in [3.05, 3.63) is 76.9 Å². The molecule has 1 saturated carbocycles. The van der Waals surface area contributed by atoms with Crippen molar-refractivity contribution >= 4 is 16.7 Å². The highest BCUT2D eigenvalue weighted by molar-refractivity contribution is 5.95. The van der Waals surface area contributed by atoms with Gasteiger partial charge in [0.2, 0.25) is 5.91 Å². The lowest BCUT2D eigenvalue weighted by molar-refractivity contribution is 0.0999. The molecule has 0 bridgehead atoms. The fourth-order valence-electron chi connectivity index (χ4n) is 4.03. The van der Waals surface area contributed by atoms with Crippen molar-refractivity contribution in [1.29, 1.82) is 0 Å². The van der Waals surface area contributed by atoms with Gasteiger partial charge in [0, 0.05) is 11.0 Å². The van der Waals surface area contributed by atoms with Gasteiger partial charge >= 0.3 is 0 Å². The molecule has 126 valence electrons. The maximum Gasteiger partial charge on any atom is 0.248 e. The number of nitrogens with two attached hydrogens (primary N) is 1. The first-order valence-electron chi connectivity index (χ1n) is 8.54. The molecule has 1 aliphatic rings. The second kappa shape index (κ2) is 5.62. The van der Waals surface area contributed by atoms with Gasteiger partial charge in [0.1, 0.15) is 5.75 Å². The molecule has 3 nitrogen and oxygen atoms in total. The van der Waals surface area contributed by atoms with E-state index in [0.717, 1.165) is 24.2 Å². The molecule has 3 aromatic rings.